The normalized spacial score (nSPS) is 20.4. The van der Waals surface area contributed by atoms with Gasteiger partial charge in [-0.05, 0) is 13.0 Å². The van der Waals surface area contributed by atoms with Gasteiger partial charge in [0.25, 0.3) is 0 Å². The minimum atomic E-state index is -1.50. The van der Waals surface area contributed by atoms with Gasteiger partial charge in [-0.3, -0.25) is 9.89 Å². The zero-order chi connectivity index (χ0) is 19.3. The van der Waals surface area contributed by atoms with Crippen molar-refractivity contribution >= 4 is 17.6 Å². The summed E-state index contributed by atoms with van der Waals surface area (Å²) in [5.41, 5.74) is 6.89. The van der Waals surface area contributed by atoms with Crippen LogP contribution in [-0.4, -0.2) is 35.7 Å². The molecule has 0 aliphatic carbocycles. The third kappa shape index (κ3) is 1.95. The molecule has 2 aliphatic heterocycles. The standard InChI is InChI=1S/C19H18N4O4/c1-4-9-23-12-8-6-5-7-11(12)19(18(23)25)13-10(2)21-22-16(13)27-15(20)14(19)17(24)26-3/h4-8H,1,9,20H2,2-3H3,(H,21,22)/t19-/m1/s1. The van der Waals surface area contributed by atoms with E-state index >= 15 is 0 Å². The number of carbonyl (C=O) groups excluding carboxylic acids is 2. The molecule has 4 rings (SSSR count). The van der Waals surface area contributed by atoms with Gasteiger partial charge in [0.2, 0.25) is 17.7 Å². The smallest absolute Gasteiger partial charge is 0.340 e. The summed E-state index contributed by atoms with van der Waals surface area (Å²) in [6.45, 7) is 5.78. The molecule has 8 nitrogen and oxygen atoms in total. The molecule has 0 bridgehead atoms. The number of nitrogens with zero attached hydrogens (tertiary/aromatic N) is 2. The van der Waals surface area contributed by atoms with Crippen molar-refractivity contribution in [3.8, 4) is 5.88 Å². The third-order valence-corrected chi connectivity index (χ3v) is 4.98. The molecule has 27 heavy (non-hydrogen) atoms. The van der Waals surface area contributed by atoms with Crippen molar-refractivity contribution in [3.63, 3.8) is 0 Å². The maximum Gasteiger partial charge on any atom is 0.340 e. The first-order chi connectivity index (χ1) is 13.0. The van der Waals surface area contributed by atoms with Crippen LogP contribution in [0.15, 0.2) is 48.4 Å². The van der Waals surface area contributed by atoms with E-state index in [1.807, 2.05) is 12.1 Å². The van der Waals surface area contributed by atoms with Crippen molar-refractivity contribution < 1.29 is 19.1 Å². The largest absolute Gasteiger partial charge is 0.465 e. The van der Waals surface area contributed by atoms with Gasteiger partial charge < -0.3 is 20.1 Å². The van der Waals surface area contributed by atoms with Crippen LogP contribution in [0.2, 0.25) is 0 Å². The van der Waals surface area contributed by atoms with E-state index in [2.05, 4.69) is 16.8 Å². The summed E-state index contributed by atoms with van der Waals surface area (Å²) in [5, 5.41) is 6.95. The van der Waals surface area contributed by atoms with Gasteiger partial charge in [0, 0.05) is 23.5 Å². The Morgan fingerprint density at radius 2 is 2.22 bits per heavy atom. The lowest BCUT2D eigenvalue weighted by atomic mass is 9.68. The Kier molecular flexibility index (Phi) is 3.59. The fraction of sp³-hybridized carbons (Fsp3) is 0.211. The van der Waals surface area contributed by atoms with Crippen LogP contribution in [0.1, 0.15) is 16.8 Å². The Bertz CT molecular complexity index is 1020. The zero-order valence-corrected chi connectivity index (χ0v) is 14.9. The molecule has 0 radical (unpaired) electrons. The lowest BCUT2D eigenvalue weighted by Crippen LogP contribution is -2.48. The van der Waals surface area contributed by atoms with Gasteiger partial charge in [-0.2, -0.15) is 0 Å². The summed E-state index contributed by atoms with van der Waals surface area (Å²) >= 11 is 0. The molecular weight excluding hydrogens is 348 g/mol. The average molecular weight is 366 g/mol. The van der Waals surface area contributed by atoms with Crippen molar-refractivity contribution in [1.82, 2.24) is 10.2 Å². The number of aromatic nitrogens is 2. The molecule has 3 N–H and O–H groups in total. The highest BCUT2D eigenvalue weighted by Crippen LogP contribution is 2.55. The number of hydrogen-bond acceptors (Lipinski definition) is 6. The number of hydrogen-bond donors (Lipinski definition) is 2. The van der Waals surface area contributed by atoms with Crippen LogP contribution in [0.25, 0.3) is 0 Å². The maximum absolute atomic E-state index is 13.8. The van der Waals surface area contributed by atoms with Gasteiger partial charge in [-0.15, -0.1) is 11.7 Å². The number of fused-ring (bicyclic) bond motifs is 4. The fourth-order valence-electron chi connectivity index (χ4n) is 3.99. The van der Waals surface area contributed by atoms with Crippen LogP contribution in [0.3, 0.4) is 0 Å². The number of nitrogens with two attached hydrogens (primary N) is 1. The van der Waals surface area contributed by atoms with E-state index in [-0.39, 0.29) is 29.8 Å². The lowest BCUT2D eigenvalue weighted by molar-refractivity contribution is -0.138. The van der Waals surface area contributed by atoms with Crippen LogP contribution in [0.5, 0.6) is 5.88 Å². The van der Waals surface area contributed by atoms with E-state index in [1.54, 1.807) is 30.0 Å². The Morgan fingerprint density at radius 3 is 2.93 bits per heavy atom. The number of ether oxygens (including phenoxy) is 2. The number of aryl methyl sites for hydroxylation is 1. The number of para-hydroxylation sites is 1. The molecule has 1 aromatic carbocycles. The molecule has 3 heterocycles. The van der Waals surface area contributed by atoms with Crippen LogP contribution in [0, 0.1) is 6.92 Å². The lowest BCUT2D eigenvalue weighted by Gasteiger charge is -2.34. The molecule has 0 fully saturated rings. The number of carbonyl (C=O) groups is 2. The number of anilines is 1. The van der Waals surface area contributed by atoms with Crippen molar-refractivity contribution in [3.05, 3.63) is 65.2 Å². The molecule has 0 unspecified atom stereocenters. The Balaban J connectivity index is 2.15. The van der Waals surface area contributed by atoms with E-state index in [9.17, 15) is 9.59 Å². The number of aromatic amines is 1. The zero-order valence-electron chi connectivity index (χ0n) is 14.9. The molecule has 8 heteroatoms. The quantitative estimate of drug-likeness (QED) is 0.625. The fourth-order valence-corrected chi connectivity index (χ4v) is 3.99. The number of nitrogens with one attached hydrogen (secondary N) is 1. The van der Waals surface area contributed by atoms with Gasteiger partial charge in [0.1, 0.15) is 11.0 Å². The number of rotatable bonds is 3. The molecule has 138 valence electrons. The maximum atomic E-state index is 13.8. The highest BCUT2D eigenvalue weighted by molar-refractivity contribution is 6.18. The summed E-state index contributed by atoms with van der Waals surface area (Å²) in [6, 6.07) is 7.25. The van der Waals surface area contributed by atoms with E-state index in [1.165, 1.54) is 7.11 Å². The van der Waals surface area contributed by atoms with Gasteiger partial charge >= 0.3 is 5.97 Å². The minimum absolute atomic E-state index is 0.0500. The molecule has 2 aromatic rings. The van der Waals surface area contributed by atoms with Crippen molar-refractivity contribution in [1.29, 1.82) is 0 Å². The number of H-pyrrole nitrogens is 1. The second kappa shape index (κ2) is 5.73. The van der Waals surface area contributed by atoms with Gasteiger partial charge in [0.15, 0.2) is 0 Å². The monoisotopic (exact) mass is 366 g/mol. The summed E-state index contributed by atoms with van der Waals surface area (Å²) in [5.74, 6) is -1.10. The predicted octanol–water partition coefficient (Wildman–Crippen LogP) is 1.27. The van der Waals surface area contributed by atoms with Crippen LogP contribution < -0.4 is 15.4 Å². The highest BCUT2D eigenvalue weighted by atomic mass is 16.5. The molecule has 1 spiro atoms. The first-order valence-corrected chi connectivity index (χ1v) is 8.32. The minimum Gasteiger partial charge on any atom is -0.465 e. The summed E-state index contributed by atoms with van der Waals surface area (Å²) in [4.78, 5) is 28.1. The van der Waals surface area contributed by atoms with E-state index < -0.39 is 11.4 Å². The average Bonchev–Trinajstić information content (AvgIpc) is 3.14. The van der Waals surface area contributed by atoms with Gasteiger partial charge in [-0.25, -0.2) is 4.79 Å². The Morgan fingerprint density at radius 1 is 1.48 bits per heavy atom. The first-order valence-electron chi connectivity index (χ1n) is 8.32. The van der Waals surface area contributed by atoms with Crippen LogP contribution >= 0.6 is 0 Å². The SMILES string of the molecule is C=CCN1C(=O)[C@]2(C(C(=O)OC)=C(N)Oc3n[nH]c(C)c32)c2ccccc21. The molecule has 1 amide bonds. The Labute approximate surface area is 155 Å². The topological polar surface area (TPSA) is 111 Å². The van der Waals surface area contributed by atoms with E-state index in [4.69, 9.17) is 15.2 Å². The number of esters is 1. The molecule has 0 saturated heterocycles. The first kappa shape index (κ1) is 16.9. The van der Waals surface area contributed by atoms with E-state index in [0.29, 0.717) is 22.5 Å². The van der Waals surface area contributed by atoms with Gasteiger partial charge in [0.05, 0.1) is 12.7 Å². The highest BCUT2D eigenvalue weighted by Gasteiger charge is 2.62. The molecule has 1 atom stereocenters. The summed E-state index contributed by atoms with van der Waals surface area (Å²) in [7, 11) is 1.24. The second-order valence-corrected chi connectivity index (χ2v) is 6.33. The van der Waals surface area contributed by atoms with Crippen LogP contribution in [0.4, 0.5) is 5.69 Å². The molecule has 1 aromatic heterocycles. The molecule has 0 saturated carbocycles. The van der Waals surface area contributed by atoms with Crippen molar-refractivity contribution in [2.24, 2.45) is 5.73 Å². The number of methoxy groups -OCH3 is 1. The summed E-state index contributed by atoms with van der Waals surface area (Å²) in [6.07, 6.45) is 1.63. The molecular formula is C19H18N4O4. The van der Waals surface area contributed by atoms with Crippen molar-refractivity contribution in [2.45, 2.75) is 12.3 Å². The third-order valence-electron chi connectivity index (χ3n) is 4.98. The van der Waals surface area contributed by atoms with Crippen LogP contribution in [-0.2, 0) is 19.7 Å². The molecule has 2 aliphatic rings. The number of benzene rings is 1. The van der Waals surface area contributed by atoms with Gasteiger partial charge in [-0.1, -0.05) is 24.3 Å². The second-order valence-electron chi connectivity index (χ2n) is 6.33. The van der Waals surface area contributed by atoms with Crippen molar-refractivity contribution in [2.75, 3.05) is 18.6 Å². The summed E-state index contributed by atoms with van der Waals surface area (Å²) < 4.78 is 10.5. The van der Waals surface area contributed by atoms with E-state index in [0.717, 1.165) is 0 Å². The number of amides is 1. The predicted molar refractivity (Wildman–Crippen MR) is 97.0 cm³/mol. The Hall–Kier alpha value is -3.55.